The van der Waals surface area contributed by atoms with Crippen molar-refractivity contribution < 1.29 is 4.79 Å². The van der Waals surface area contributed by atoms with Crippen molar-refractivity contribution in [1.29, 1.82) is 0 Å². The number of hydrogen-bond donors (Lipinski definition) is 0. The second kappa shape index (κ2) is 8.12. The van der Waals surface area contributed by atoms with Gasteiger partial charge in [-0.1, -0.05) is 12.1 Å². The first-order valence-corrected chi connectivity index (χ1v) is 9.15. The number of amides is 1. The molecule has 0 N–H and O–H groups in total. The minimum Gasteiger partial charge on any atom is -0.339 e. The zero-order valence-corrected chi connectivity index (χ0v) is 16.3. The van der Waals surface area contributed by atoms with Crippen LogP contribution in [0.3, 0.4) is 0 Å². The molecule has 0 bridgehead atoms. The Morgan fingerprint density at radius 3 is 2.48 bits per heavy atom. The summed E-state index contributed by atoms with van der Waals surface area (Å²) in [6, 6.07) is 13.9. The molecule has 0 spiro atoms. The summed E-state index contributed by atoms with van der Waals surface area (Å²) in [6.07, 6.45) is 6.19. The fourth-order valence-corrected chi connectivity index (χ4v) is 3.14. The molecule has 27 heavy (non-hydrogen) atoms. The van der Waals surface area contributed by atoms with Crippen molar-refractivity contribution in [3.8, 4) is 11.1 Å². The molecular weight excluding hydrogens is 334 g/mol. The first-order valence-electron chi connectivity index (χ1n) is 9.15. The molecule has 3 aromatic rings. The maximum Gasteiger partial charge on any atom is 0.253 e. The van der Waals surface area contributed by atoms with Crippen molar-refractivity contribution in [3.63, 3.8) is 0 Å². The molecule has 4 heteroatoms. The Kier molecular flexibility index (Phi) is 5.65. The van der Waals surface area contributed by atoms with Gasteiger partial charge >= 0.3 is 0 Å². The van der Waals surface area contributed by atoms with Crippen LogP contribution >= 0.6 is 0 Å². The first-order chi connectivity index (χ1) is 13.0. The van der Waals surface area contributed by atoms with Gasteiger partial charge in [0, 0.05) is 49.4 Å². The summed E-state index contributed by atoms with van der Waals surface area (Å²) in [5, 5.41) is 0. The molecule has 1 amide bonds. The van der Waals surface area contributed by atoms with Crippen molar-refractivity contribution in [2.24, 2.45) is 0 Å². The summed E-state index contributed by atoms with van der Waals surface area (Å²) >= 11 is 0. The van der Waals surface area contributed by atoms with E-state index in [0.29, 0.717) is 5.56 Å². The van der Waals surface area contributed by atoms with Crippen LogP contribution in [0.15, 0.2) is 61.1 Å². The van der Waals surface area contributed by atoms with Crippen molar-refractivity contribution in [1.82, 2.24) is 14.9 Å². The molecule has 1 aromatic carbocycles. The molecule has 0 aliphatic rings. The van der Waals surface area contributed by atoms with Gasteiger partial charge in [0.1, 0.15) is 0 Å². The third-order valence-corrected chi connectivity index (χ3v) is 4.92. The van der Waals surface area contributed by atoms with Crippen LogP contribution < -0.4 is 0 Å². The number of pyridine rings is 2. The lowest BCUT2D eigenvalue weighted by Gasteiger charge is -2.25. The first kappa shape index (κ1) is 18.8. The Labute approximate surface area is 160 Å². The van der Waals surface area contributed by atoms with E-state index in [1.807, 2.05) is 62.8 Å². The Bertz CT molecular complexity index is 934. The van der Waals surface area contributed by atoms with Gasteiger partial charge in [0.25, 0.3) is 5.91 Å². The van der Waals surface area contributed by atoms with E-state index in [-0.39, 0.29) is 11.9 Å². The molecule has 0 saturated heterocycles. The third kappa shape index (κ3) is 4.40. The van der Waals surface area contributed by atoms with Gasteiger partial charge in [-0.25, -0.2) is 0 Å². The van der Waals surface area contributed by atoms with Crippen LogP contribution in [0.5, 0.6) is 0 Å². The predicted octanol–water partition coefficient (Wildman–Crippen LogP) is 4.46. The monoisotopic (exact) mass is 359 g/mol. The van der Waals surface area contributed by atoms with E-state index in [0.717, 1.165) is 28.8 Å². The molecule has 0 fully saturated rings. The van der Waals surface area contributed by atoms with E-state index < -0.39 is 0 Å². The molecule has 0 radical (unpaired) electrons. The lowest BCUT2D eigenvalue weighted by atomic mass is 10.0. The molecule has 2 heterocycles. The van der Waals surface area contributed by atoms with Crippen LogP contribution in [-0.4, -0.2) is 33.9 Å². The van der Waals surface area contributed by atoms with Crippen LogP contribution in [0.2, 0.25) is 0 Å². The second-order valence-corrected chi connectivity index (χ2v) is 7.06. The molecule has 0 unspecified atom stereocenters. The number of carbonyl (C=O) groups excluding carboxylic acids is 1. The van der Waals surface area contributed by atoms with Crippen LogP contribution in [0.4, 0.5) is 0 Å². The number of benzene rings is 1. The average molecular weight is 359 g/mol. The van der Waals surface area contributed by atoms with Crippen molar-refractivity contribution in [2.75, 3.05) is 7.05 Å². The van der Waals surface area contributed by atoms with Gasteiger partial charge < -0.3 is 4.90 Å². The molecular formula is C23H25N3O. The molecule has 1 atom stereocenters. The fraction of sp³-hybridized carbons (Fsp3) is 0.261. The SMILES string of the molecule is Cc1ccnc(C[C@@H](C)N(C)C(=O)c2ccc(-c3ccncc3C)cc2)c1. The van der Waals surface area contributed by atoms with Gasteiger partial charge in [0.15, 0.2) is 0 Å². The summed E-state index contributed by atoms with van der Waals surface area (Å²) in [5.41, 5.74) is 6.22. The largest absolute Gasteiger partial charge is 0.339 e. The lowest BCUT2D eigenvalue weighted by molar-refractivity contribution is 0.0743. The van der Waals surface area contributed by atoms with Gasteiger partial charge in [0.2, 0.25) is 0 Å². The van der Waals surface area contributed by atoms with Gasteiger partial charge in [-0.3, -0.25) is 14.8 Å². The maximum atomic E-state index is 12.9. The van der Waals surface area contributed by atoms with Crippen LogP contribution in [-0.2, 0) is 6.42 Å². The van der Waals surface area contributed by atoms with Gasteiger partial charge in [-0.05, 0) is 73.4 Å². The van der Waals surface area contributed by atoms with Crippen molar-refractivity contribution >= 4 is 5.91 Å². The van der Waals surface area contributed by atoms with Crippen LogP contribution in [0.1, 0.15) is 34.1 Å². The molecule has 0 saturated carbocycles. The summed E-state index contributed by atoms with van der Waals surface area (Å²) in [7, 11) is 1.85. The Morgan fingerprint density at radius 2 is 1.81 bits per heavy atom. The number of nitrogens with zero attached hydrogens (tertiary/aromatic N) is 3. The normalized spacial score (nSPS) is 11.9. The fourth-order valence-electron chi connectivity index (χ4n) is 3.14. The highest BCUT2D eigenvalue weighted by molar-refractivity contribution is 5.94. The van der Waals surface area contributed by atoms with Crippen LogP contribution in [0, 0.1) is 13.8 Å². The number of aromatic nitrogens is 2. The van der Waals surface area contributed by atoms with Gasteiger partial charge in [-0.15, -0.1) is 0 Å². The topological polar surface area (TPSA) is 46.1 Å². The highest BCUT2D eigenvalue weighted by atomic mass is 16.2. The zero-order valence-electron chi connectivity index (χ0n) is 16.3. The highest BCUT2D eigenvalue weighted by Crippen LogP contribution is 2.23. The standard InChI is InChI=1S/C23H25N3O/c1-16-9-12-25-21(13-16)14-18(3)26(4)23(27)20-7-5-19(6-8-20)22-10-11-24-15-17(22)2/h5-13,15,18H,14H2,1-4H3/t18-/m1/s1. The van der Waals surface area contributed by atoms with Gasteiger partial charge in [0.05, 0.1) is 0 Å². The van der Waals surface area contributed by atoms with E-state index in [1.165, 1.54) is 5.56 Å². The summed E-state index contributed by atoms with van der Waals surface area (Å²) in [5.74, 6) is 0.0214. The Morgan fingerprint density at radius 1 is 1.07 bits per heavy atom. The van der Waals surface area contributed by atoms with E-state index >= 15 is 0 Å². The third-order valence-electron chi connectivity index (χ3n) is 4.92. The number of hydrogen-bond acceptors (Lipinski definition) is 3. The minimum absolute atomic E-state index is 0.0214. The van der Waals surface area contributed by atoms with Crippen molar-refractivity contribution in [2.45, 2.75) is 33.2 Å². The summed E-state index contributed by atoms with van der Waals surface area (Å²) < 4.78 is 0. The summed E-state index contributed by atoms with van der Waals surface area (Å²) in [6.45, 7) is 6.14. The minimum atomic E-state index is 0.0214. The van der Waals surface area contributed by atoms with Gasteiger partial charge in [-0.2, -0.15) is 0 Å². The molecule has 4 nitrogen and oxygen atoms in total. The molecule has 3 rings (SSSR count). The van der Waals surface area contributed by atoms with E-state index in [4.69, 9.17) is 0 Å². The van der Waals surface area contributed by atoms with E-state index in [1.54, 1.807) is 11.1 Å². The van der Waals surface area contributed by atoms with Crippen LogP contribution in [0.25, 0.3) is 11.1 Å². The Balaban J connectivity index is 1.72. The number of rotatable bonds is 5. The quantitative estimate of drug-likeness (QED) is 0.675. The van der Waals surface area contributed by atoms with E-state index in [9.17, 15) is 4.79 Å². The predicted molar refractivity (Wildman–Crippen MR) is 109 cm³/mol. The highest BCUT2D eigenvalue weighted by Gasteiger charge is 2.18. The Hall–Kier alpha value is -3.01. The average Bonchev–Trinajstić information content (AvgIpc) is 2.67. The zero-order chi connectivity index (χ0) is 19.4. The molecule has 0 aliphatic carbocycles. The second-order valence-electron chi connectivity index (χ2n) is 7.06. The lowest BCUT2D eigenvalue weighted by Crippen LogP contribution is -2.36. The smallest absolute Gasteiger partial charge is 0.253 e. The molecule has 0 aliphatic heterocycles. The van der Waals surface area contributed by atoms with E-state index in [2.05, 4.69) is 29.9 Å². The number of carbonyl (C=O) groups is 1. The number of aryl methyl sites for hydroxylation is 2. The summed E-state index contributed by atoms with van der Waals surface area (Å²) in [4.78, 5) is 23.2. The molecule has 2 aromatic heterocycles. The molecule has 138 valence electrons. The number of likely N-dealkylation sites (N-methyl/N-ethyl adjacent to an activating group) is 1. The maximum absolute atomic E-state index is 12.9. The van der Waals surface area contributed by atoms with Crippen molar-refractivity contribution in [3.05, 3.63) is 83.4 Å².